The number of benzene rings is 1. The molecule has 0 spiro atoms. The lowest BCUT2D eigenvalue weighted by molar-refractivity contribution is -0.274. The summed E-state index contributed by atoms with van der Waals surface area (Å²) in [5, 5.41) is 8.50. The Morgan fingerprint density at radius 3 is 2.50 bits per heavy atom. The molecule has 0 atom stereocenters. The SMILES string of the molecule is O=C(O)Cc1ccc(OC(F)(F)F)cc1S. The molecule has 0 unspecified atom stereocenters. The lowest BCUT2D eigenvalue weighted by Gasteiger charge is -2.10. The van der Waals surface area contributed by atoms with Crippen LogP contribution in [0, 0.1) is 0 Å². The number of hydrogen-bond donors (Lipinski definition) is 2. The van der Waals surface area contributed by atoms with Crippen LogP contribution in [0.25, 0.3) is 0 Å². The van der Waals surface area contributed by atoms with Gasteiger partial charge in [0, 0.05) is 4.90 Å². The molecule has 88 valence electrons. The highest BCUT2D eigenvalue weighted by atomic mass is 32.1. The van der Waals surface area contributed by atoms with E-state index < -0.39 is 18.1 Å². The van der Waals surface area contributed by atoms with Crippen LogP contribution in [0.5, 0.6) is 5.75 Å². The molecule has 1 aromatic rings. The predicted octanol–water partition coefficient (Wildman–Crippen LogP) is 2.50. The van der Waals surface area contributed by atoms with E-state index in [2.05, 4.69) is 17.4 Å². The van der Waals surface area contributed by atoms with E-state index in [0.29, 0.717) is 5.56 Å². The van der Waals surface area contributed by atoms with E-state index in [0.717, 1.165) is 12.1 Å². The molecule has 0 aromatic heterocycles. The first-order valence-electron chi connectivity index (χ1n) is 4.07. The molecule has 1 N–H and O–H groups in total. The van der Waals surface area contributed by atoms with Gasteiger partial charge in [0.25, 0.3) is 0 Å². The highest BCUT2D eigenvalue weighted by molar-refractivity contribution is 7.80. The Kier molecular flexibility index (Phi) is 3.69. The highest BCUT2D eigenvalue weighted by Gasteiger charge is 2.31. The van der Waals surface area contributed by atoms with Crippen molar-refractivity contribution in [2.75, 3.05) is 0 Å². The van der Waals surface area contributed by atoms with Gasteiger partial charge in [0.05, 0.1) is 6.42 Å². The van der Waals surface area contributed by atoms with Gasteiger partial charge in [-0.2, -0.15) is 0 Å². The van der Waals surface area contributed by atoms with Crippen LogP contribution in [0.1, 0.15) is 5.56 Å². The molecular weight excluding hydrogens is 245 g/mol. The molecule has 0 fully saturated rings. The second-order valence-corrected chi connectivity index (χ2v) is 3.39. The lowest BCUT2D eigenvalue weighted by Crippen LogP contribution is -2.17. The van der Waals surface area contributed by atoms with Crippen LogP contribution in [0.3, 0.4) is 0 Å². The van der Waals surface area contributed by atoms with Crippen molar-refractivity contribution in [3.8, 4) is 5.75 Å². The van der Waals surface area contributed by atoms with Crippen molar-refractivity contribution < 1.29 is 27.8 Å². The Labute approximate surface area is 94.2 Å². The third kappa shape index (κ3) is 4.01. The van der Waals surface area contributed by atoms with Crippen LogP contribution < -0.4 is 4.74 Å². The molecule has 16 heavy (non-hydrogen) atoms. The van der Waals surface area contributed by atoms with Crippen molar-refractivity contribution in [2.24, 2.45) is 0 Å². The number of carboxylic acids is 1. The van der Waals surface area contributed by atoms with E-state index in [1.54, 1.807) is 0 Å². The number of ether oxygens (including phenoxy) is 1. The molecule has 0 aliphatic carbocycles. The number of aliphatic carboxylic acids is 1. The van der Waals surface area contributed by atoms with Gasteiger partial charge in [0.15, 0.2) is 0 Å². The minimum absolute atomic E-state index is 0.143. The van der Waals surface area contributed by atoms with Crippen molar-refractivity contribution in [1.29, 1.82) is 0 Å². The van der Waals surface area contributed by atoms with Crippen molar-refractivity contribution in [1.82, 2.24) is 0 Å². The fourth-order valence-electron chi connectivity index (χ4n) is 1.05. The van der Waals surface area contributed by atoms with Gasteiger partial charge in [0.2, 0.25) is 0 Å². The maximum absolute atomic E-state index is 11.8. The van der Waals surface area contributed by atoms with E-state index in [4.69, 9.17) is 5.11 Å². The van der Waals surface area contributed by atoms with E-state index >= 15 is 0 Å². The van der Waals surface area contributed by atoms with Gasteiger partial charge in [-0.05, 0) is 17.7 Å². The number of halogens is 3. The normalized spacial score (nSPS) is 11.2. The minimum atomic E-state index is -4.77. The Balaban J connectivity index is 2.87. The molecule has 0 aliphatic rings. The lowest BCUT2D eigenvalue weighted by atomic mass is 10.1. The van der Waals surface area contributed by atoms with Crippen LogP contribution in [0.4, 0.5) is 13.2 Å². The molecule has 1 rings (SSSR count). The van der Waals surface area contributed by atoms with E-state index in [9.17, 15) is 18.0 Å². The second-order valence-electron chi connectivity index (χ2n) is 2.91. The van der Waals surface area contributed by atoms with Crippen molar-refractivity contribution in [3.63, 3.8) is 0 Å². The number of carboxylic acid groups (broad SMARTS) is 1. The Morgan fingerprint density at radius 2 is 2.06 bits per heavy atom. The molecule has 0 heterocycles. The number of carbonyl (C=O) groups is 1. The van der Waals surface area contributed by atoms with Gasteiger partial charge in [-0.15, -0.1) is 25.8 Å². The smallest absolute Gasteiger partial charge is 0.481 e. The van der Waals surface area contributed by atoms with Gasteiger partial charge < -0.3 is 9.84 Å². The van der Waals surface area contributed by atoms with Gasteiger partial charge in [-0.3, -0.25) is 4.79 Å². The summed E-state index contributed by atoms with van der Waals surface area (Å²) in [5.41, 5.74) is 0.324. The number of thiol groups is 1. The number of rotatable bonds is 3. The molecule has 3 nitrogen and oxygen atoms in total. The second kappa shape index (κ2) is 4.65. The molecule has 0 saturated heterocycles. The topological polar surface area (TPSA) is 46.5 Å². The summed E-state index contributed by atoms with van der Waals surface area (Å²) in [6, 6.07) is 3.30. The predicted molar refractivity (Wildman–Crippen MR) is 51.7 cm³/mol. The summed E-state index contributed by atoms with van der Waals surface area (Å²) >= 11 is 3.88. The first-order chi connectivity index (χ1) is 7.28. The molecule has 7 heteroatoms. The maximum Gasteiger partial charge on any atom is 0.573 e. The molecule has 0 radical (unpaired) electrons. The molecule has 0 saturated carbocycles. The summed E-state index contributed by atoms with van der Waals surface area (Å²) in [6.45, 7) is 0. The zero-order chi connectivity index (χ0) is 12.3. The molecular formula is C9H7F3O3S. The summed E-state index contributed by atoms with van der Waals surface area (Å²) in [6.07, 6.45) is -5.07. The molecule has 1 aromatic carbocycles. The average molecular weight is 252 g/mol. The van der Waals surface area contributed by atoms with Gasteiger partial charge in [0.1, 0.15) is 5.75 Å². The fourth-order valence-corrected chi connectivity index (χ4v) is 1.33. The Bertz CT molecular complexity index is 403. The van der Waals surface area contributed by atoms with Crippen molar-refractivity contribution in [2.45, 2.75) is 17.7 Å². The quantitative estimate of drug-likeness (QED) is 0.812. The monoisotopic (exact) mass is 252 g/mol. The van der Waals surface area contributed by atoms with E-state index in [1.165, 1.54) is 6.07 Å². The van der Waals surface area contributed by atoms with Crippen LogP contribution in [-0.2, 0) is 11.2 Å². The first kappa shape index (κ1) is 12.7. The maximum atomic E-state index is 11.8. The Morgan fingerprint density at radius 1 is 1.44 bits per heavy atom. The van der Waals surface area contributed by atoms with Crippen LogP contribution in [0.15, 0.2) is 23.1 Å². The summed E-state index contributed by atoms with van der Waals surface area (Å²) in [5.74, 6) is -1.51. The van der Waals surface area contributed by atoms with Crippen LogP contribution in [-0.4, -0.2) is 17.4 Å². The highest BCUT2D eigenvalue weighted by Crippen LogP contribution is 2.26. The van der Waals surface area contributed by atoms with Gasteiger partial charge in [-0.1, -0.05) is 6.07 Å². The molecule has 0 aliphatic heterocycles. The van der Waals surface area contributed by atoms with Gasteiger partial charge >= 0.3 is 12.3 Å². The molecule has 0 bridgehead atoms. The largest absolute Gasteiger partial charge is 0.573 e. The summed E-state index contributed by atoms with van der Waals surface area (Å²) in [4.78, 5) is 10.5. The molecule has 0 amide bonds. The first-order valence-corrected chi connectivity index (χ1v) is 4.52. The fraction of sp³-hybridized carbons (Fsp3) is 0.222. The zero-order valence-corrected chi connectivity index (χ0v) is 8.68. The summed E-state index contributed by atoms with van der Waals surface area (Å²) in [7, 11) is 0. The van der Waals surface area contributed by atoms with Crippen LogP contribution >= 0.6 is 12.6 Å². The summed E-state index contributed by atoms with van der Waals surface area (Å²) < 4.78 is 39.2. The minimum Gasteiger partial charge on any atom is -0.481 e. The Hall–Kier alpha value is -1.37. The average Bonchev–Trinajstić information content (AvgIpc) is 2.06. The van der Waals surface area contributed by atoms with E-state index in [-0.39, 0.29) is 11.3 Å². The van der Waals surface area contributed by atoms with Gasteiger partial charge in [-0.25, -0.2) is 0 Å². The van der Waals surface area contributed by atoms with Crippen molar-refractivity contribution in [3.05, 3.63) is 23.8 Å². The third-order valence-corrected chi connectivity index (χ3v) is 2.05. The number of hydrogen-bond acceptors (Lipinski definition) is 3. The van der Waals surface area contributed by atoms with E-state index in [1.807, 2.05) is 0 Å². The van der Waals surface area contributed by atoms with Crippen molar-refractivity contribution >= 4 is 18.6 Å². The zero-order valence-electron chi connectivity index (χ0n) is 7.78. The van der Waals surface area contributed by atoms with Crippen LogP contribution in [0.2, 0.25) is 0 Å². The third-order valence-electron chi connectivity index (χ3n) is 1.63. The number of alkyl halides is 3. The standard InChI is InChI=1S/C9H7F3O3S/c10-9(11,12)15-6-2-1-5(3-8(13)14)7(16)4-6/h1-2,4,16H,3H2,(H,13,14).